The van der Waals surface area contributed by atoms with E-state index in [0.717, 1.165) is 5.56 Å². The molecule has 1 atom stereocenters. The van der Waals surface area contributed by atoms with Crippen LogP contribution in [0.25, 0.3) is 0 Å². The van der Waals surface area contributed by atoms with Crippen LogP contribution in [0.3, 0.4) is 0 Å². The number of carbonyl (C=O) groups excluding carboxylic acids is 1. The van der Waals surface area contributed by atoms with Gasteiger partial charge in [0.25, 0.3) is 0 Å². The molecular formula is C9H9FNOU-. The molecule has 0 aromatic heterocycles. The molecule has 0 spiro atoms. The Balaban J connectivity index is 0.00000144. The molecule has 1 aromatic rings. The summed E-state index contributed by atoms with van der Waals surface area (Å²) in [5, 5.41) is 0. The maximum Gasteiger partial charge on any atom is 0 e. The van der Waals surface area contributed by atoms with Gasteiger partial charge >= 0.3 is 0 Å². The summed E-state index contributed by atoms with van der Waals surface area (Å²) in [4.78, 5) is 10.1. The van der Waals surface area contributed by atoms with Gasteiger partial charge in [-0.15, -0.1) is 4.48 Å². The number of rotatable bonds is 4. The van der Waals surface area contributed by atoms with E-state index in [2.05, 4.69) is 0 Å². The largest absolute Gasteiger partial charge is 0.540 e. The van der Waals surface area contributed by atoms with Crippen LogP contribution in [0.4, 0.5) is 4.48 Å². The molecule has 0 aliphatic rings. The normalized spacial score (nSPS) is 11.5. The molecule has 0 heterocycles. The molecule has 1 rings (SSSR count). The molecule has 0 saturated carbocycles. The zero-order chi connectivity index (χ0) is 8.81. The number of halogens is 1. The second-order valence-electron chi connectivity index (χ2n) is 2.47. The molecule has 0 amide bonds. The van der Waals surface area contributed by atoms with Crippen LogP contribution in [-0.2, 0) is 11.2 Å². The monoisotopic (exact) mass is 404 g/mol. The molecule has 4 heteroatoms. The van der Waals surface area contributed by atoms with Crippen molar-refractivity contribution in [3.05, 3.63) is 35.9 Å². The second-order valence-corrected chi connectivity index (χ2v) is 2.47. The van der Waals surface area contributed by atoms with Crippen molar-refractivity contribution in [2.24, 2.45) is 0 Å². The average molecular weight is 404 g/mol. The molecule has 0 bridgehead atoms. The van der Waals surface area contributed by atoms with Gasteiger partial charge in [-0.05, 0) is 12.0 Å². The van der Waals surface area contributed by atoms with Crippen LogP contribution >= 0.6 is 0 Å². The van der Waals surface area contributed by atoms with E-state index < -0.39 is 6.04 Å². The first-order valence-electron chi connectivity index (χ1n) is 3.64. The fourth-order valence-electron chi connectivity index (χ4n) is 0.952. The topological polar surface area (TPSA) is 29.1 Å². The van der Waals surface area contributed by atoms with Crippen molar-refractivity contribution in [1.82, 2.24) is 5.54 Å². The molecule has 0 saturated heterocycles. The van der Waals surface area contributed by atoms with Crippen molar-refractivity contribution < 1.29 is 40.4 Å². The third-order valence-corrected chi connectivity index (χ3v) is 1.56. The summed E-state index contributed by atoms with van der Waals surface area (Å²) in [5.74, 6) is 0. The van der Waals surface area contributed by atoms with E-state index in [1.54, 1.807) is 6.29 Å². The maximum absolute atomic E-state index is 11.8. The average Bonchev–Trinajstić information content (AvgIpc) is 2.16. The maximum atomic E-state index is 11.8. The Bertz CT molecular complexity index is 243. The van der Waals surface area contributed by atoms with Gasteiger partial charge in [-0.3, -0.25) is 0 Å². The van der Waals surface area contributed by atoms with E-state index in [-0.39, 0.29) is 31.1 Å². The van der Waals surface area contributed by atoms with Crippen LogP contribution in [0.5, 0.6) is 0 Å². The van der Waals surface area contributed by atoms with Gasteiger partial charge < -0.3 is 4.79 Å². The van der Waals surface area contributed by atoms with Crippen molar-refractivity contribution in [3.63, 3.8) is 0 Å². The Kier molecular flexibility index (Phi) is 7.16. The quantitative estimate of drug-likeness (QED) is 0.604. The van der Waals surface area contributed by atoms with E-state index in [9.17, 15) is 9.28 Å². The van der Waals surface area contributed by atoms with Crippen molar-refractivity contribution in [1.29, 1.82) is 0 Å². The fraction of sp³-hybridized carbons (Fsp3) is 0.222. The predicted molar refractivity (Wildman–Crippen MR) is 43.9 cm³/mol. The number of hydrogen-bond acceptors (Lipinski definition) is 2. The van der Waals surface area contributed by atoms with Crippen LogP contribution in [0, 0.1) is 31.1 Å². The van der Waals surface area contributed by atoms with Crippen molar-refractivity contribution in [3.8, 4) is 0 Å². The molecule has 0 aliphatic heterocycles. The zero-order valence-electron chi connectivity index (χ0n) is 6.96. The summed E-state index contributed by atoms with van der Waals surface area (Å²) >= 11 is 0. The van der Waals surface area contributed by atoms with Gasteiger partial charge in [0.05, 0.1) is 0 Å². The predicted octanol–water partition coefficient (Wildman–Crippen LogP) is 1.18. The summed E-state index contributed by atoms with van der Waals surface area (Å²) in [6.07, 6.45) is 1.90. The minimum atomic E-state index is -0.854. The van der Waals surface area contributed by atoms with E-state index in [4.69, 9.17) is 0 Å². The summed E-state index contributed by atoms with van der Waals surface area (Å²) in [6.45, 7) is 0. The Labute approximate surface area is 100 Å². The van der Waals surface area contributed by atoms with Crippen molar-refractivity contribution in [2.75, 3.05) is 0 Å². The standard InChI is InChI=1S/C9H9FNO.U/c10-11-9(7-12)6-8-4-2-1-3-5-8;/h1-5,9,11H,6H2;/q-1;/t9-;/m0./s1. The Hall–Kier alpha value is -0.168. The SMILES string of the molecule is O=[C-][C@H](Cc1ccccc1)NF.[U]. The van der Waals surface area contributed by atoms with Gasteiger partial charge in [0.2, 0.25) is 0 Å². The zero-order valence-corrected chi connectivity index (χ0v) is 11.1. The molecule has 0 fully saturated rings. The van der Waals surface area contributed by atoms with E-state index in [1.165, 1.54) is 5.54 Å². The van der Waals surface area contributed by atoms with Crippen molar-refractivity contribution >= 4 is 6.29 Å². The Morgan fingerprint density at radius 3 is 2.46 bits per heavy atom. The molecule has 0 radical (unpaired) electrons. The van der Waals surface area contributed by atoms with E-state index in [0.29, 0.717) is 6.42 Å². The minimum absolute atomic E-state index is 0. The first kappa shape index (κ1) is 12.8. The van der Waals surface area contributed by atoms with Gasteiger partial charge in [0.1, 0.15) is 0 Å². The van der Waals surface area contributed by atoms with E-state index >= 15 is 0 Å². The number of nitrogens with one attached hydrogen (secondary N) is 1. The molecular weight excluding hydrogens is 395 g/mol. The van der Waals surface area contributed by atoms with Gasteiger partial charge in [-0.25, -0.2) is 6.29 Å². The summed E-state index contributed by atoms with van der Waals surface area (Å²) in [7, 11) is 0. The minimum Gasteiger partial charge on any atom is -0.540 e. The summed E-state index contributed by atoms with van der Waals surface area (Å²) in [6, 6.07) is 8.37. The Morgan fingerprint density at radius 2 is 2.00 bits per heavy atom. The van der Waals surface area contributed by atoms with Gasteiger partial charge in [0.15, 0.2) is 0 Å². The Morgan fingerprint density at radius 1 is 1.38 bits per heavy atom. The first-order valence-corrected chi connectivity index (χ1v) is 3.64. The van der Waals surface area contributed by atoms with Crippen LogP contribution in [0.2, 0.25) is 0 Å². The number of hydrogen-bond donors (Lipinski definition) is 1. The number of benzene rings is 1. The van der Waals surface area contributed by atoms with Gasteiger partial charge in [-0.1, -0.05) is 36.4 Å². The van der Waals surface area contributed by atoms with E-state index in [1.807, 2.05) is 30.3 Å². The van der Waals surface area contributed by atoms with Gasteiger partial charge in [0, 0.05) is 31.1 Å². The van der Waals surface area contributed by atoms with Crippen LogP contribution < -0.4 is 5.54 Å². The van der Waals surface area contributed by atoms with Crippen LogP contribution in [0.1, 0.15) is 5.56 Å². The molecule has 68 valence electrons. The third-order valence-electron chi connectivity index (χ3n) is 1.56. The molecule has 13 heavy (non-hydrogen) atoms. The van der Waals surface area contributed by atoms with Crippen molar-refractivity contribution in [2.45, 2.75) is 12.5 Å². The summed E-state index contributed by atoms with van der Waals surface area (Å²) in [5.41, 5.74) is 2.29. The molecule has 0 unspecified atom stereocenters. The third kappa shape index (κ3) is 4.56. The summed E-state index contributed by atoms with van der Waals surface area (Å²) < 4.78 is 11.8. The van der Waals surface area contributed by atoms with Crippen LogP contribution in [-0.4, -0.2) is 12.3 Å². The van der Waals surface area contributed by atoms with Gasteiger partial charge in [-0.2, -0.15) is 5.54 Å². The first-order chi connectivity index (χ1) is 5.86. The molecule has 2 nitrogen and oxygen atoms in total. The smallest absolute Gasteiger partial charge is 0 e. The molecule has 1 N–H and O–H groups in total. The molecule has 1 aromatic carbocycles. The fourth-order valence-corrected chi connectivity index (χ4v) is 0.952. The second kappa shape index (κ2) is 7.26. The molecule has 0 aliphatic carbocycles. The van der Waals surface area contributed by atoms with Crippen LogP contribution in [0.15, 0.2) is 30.3 Å².